The Morgan fingerprint density at radius 2 is 2.04 bits per heavy atom. The zero-order chi connectivity index (χ0) is 19.5. The van der Waals surface area contributed by atoms with Gasteiger partial charge in [0, 0.05) is 19.1 Å². The summed E-state index contributed by atoms with van der Waals surface area (Å²) < 4.78 is 7.61. The fourth-order valence-corrected chi connectivity index (χ4v) is 4.17. The number of benzene rings is 1. The molecule has 28 heavy (non-hydrogen) atoms. The molecule has 0 radical (unpaired) electrons. The van der Waals surface area contributed by atoms with Gasteiger partial charge in [-0.15, -0.1) is 10.2 Å². The number of aryl methyl sites for hydroxylation is 1. The van der Waals surface area contributed by atoms with Crippen LogP contribution in [0, 0.1) is 0 Å². The van der Waals surface area contributed by atoms with Crippen molar-refractivity contribution in [3.8, 4) is 5.69 Å². The van der Waals surface area contributed by atoms with Crippen molar-refractivity contribution in [2.24, 2.45) is 0 Å². The van der Waals surface area contributed by atoms with Crippen LogP contribution in [0.1, 0.15) is 32.3 Å². The molecule has 0 unspecified atom stereocenters. The van der Waals surface area contributed by atoms with Crippen molar-refractivity contribution in [1.29, 1.82) is 0 Å². The molecule has 1 aromatic heterocycles. The standard InChI is InChI=1S/C20H27N5O2S/c1-3-15-6-4-5-7-17(15)25-19(24-10-12-27-13-11-24)22-23-20(25)28-14(2)18(26)21-16-8-9-16/h4-7,14,16H,3,8-13H2,1-2H3,(H,21,26)/t14-/m1/s1. The number of nitrogens with zero attached hydrogens (tertiary/aromatic N) is 4. The Kier molecular flexibility index (Phi) is 5.87. The van der Waals surface area contributed by atoms with Crippen LogP contribution in [0.2, 0.25) is 0 Å². The average Bonchev–Trinajstić information content (AvgIpc) is 3.45. The average molecular weight is 402 g/mol. The van der Waals surface area contributed by atoms with Crippen LogP contribution in [0.5, 0.6) is 0 Å². The summed E-state index contributed by atoms with van der Waals surface area (Å²) in [6, 6.07) is 8.69. The molecular weight excluding hydrogens is 374 g/mol. The smallest absolute Gasteiger partial charge is 0.233 e. The van der Waals surface area contributed by atoms with Crippen molar-refractivity contribution in [1.82, 2.24) is 20.1 Å². The van der Waals surface area contributed by atoms with Crippen LogP contribution in [0.4, 0.5) is 5.95 Å². The van der Waals surface area contributed by atoms with E-state index in [0.717, 1.165) is 49.1 Å². The van der Waals surface area contributed by atoms with Crippen LogP contribution in [0.25, 0.3) is 5.69 Å². The van der Waals surface area contributed by atoms with Gasteiger partial charge in [0.15, 0.2) is 5.16 Å². The second-order valence-corrected chi connectivity index (χ2v) is 8.55. The zero-order valence-corrected chi connectivity index (χ0v) is 17.2. The minimum atomic E-state index is -0.227. The Morgan fingerprint density at radius 1 is 1.29 bits per heavy atom. The number of rotatable bonds is 7. The van der Waals surface area contributed by atoms with E-state index in [0.29, 0.717) is 19.3 Å². The third-order valence-electron chi connectivity index (χ3n) is 5.10. The summed E-state index contributed by atoms with van der Waals surface area (Å²) in [7, 11) is 0. The predicted molar refractivity (Wildman–Crippen MR) is 110 cm³/mol. The van der Waals surface area contributed by atoms with Gasteiger partial charge in [0.2, 0.25) is 11.9 Å². The van der Waals surface area contributed by atoms with Crippen LogP contribution in [-0.4, -0.2) is 58.3 Å². The largest absolute Gasteiger partial charge is 0.378 e. The van der Waals surface area contributed by atoms with Crippen molar-refractivity contribution < 1.29 is 9.53 Å². The van der Waals surface area contributed by atoms with Gasteiger partial charge < -0.3 is 15.0 Å². The van der Waals surface area contributed by atoms with Crippen LogP contribution in [0.3, 0.4) is 0 Å². The molecule has 0 bridgehead atoms. The van der Waals surface area contributed by atoms with Crippen molar-refractivity contribution in [2.75, 3.05) is 31.2 Å². The van der Waals surface area contributed by atoms with E-state index in [1.165, 1.54) is 17.3 Å². The molecule has 2 heterocycles. The number of aromatic nitrogens is 3. The Hall–Kier alpha value is -2.06. The van der Waals surface area contributed by atoms with Gasteiger partial charge >= 0.3 is 0 Å². The van der Waals surface area contributed by atoms with Gasteiger partial charge in [-0.05, 0) is 37.8 Å². The van der Waals surface area contributed by atoms with E-state index in [1.54, 1.807) is 0 Å². The highest BCUT2D eigenvalue weighted by molar-refractivity contribution is 8.00. The first-order valence-electron chi connectivity index (χ1n) is 10.0. The number of thioether (sulfide) groups is 1. The summed E-state index contributed by atoms with van der Waals surface area (Å²) in [5, 5.41) is 12.6. The molecule has 2 aromatic rings. The Labute approximate surface area is 169 Å². The maximum absolute atomic E-state index is 12.5. The Morgan fingerprint density at radius 3 is 2.75 bits per heavy atom. The molecule has 1 atom stereocenters. The fraction of sp³-hybridized carbons (Fsp3) is 0.550. The summed E-state index contributed by atoms with van der Waals surface area (Å²) >= 11 is 1.47. The quantitative estimate of drug-likeness (QED) is 0.719. The van der Waals surface area contributed by atoms with E-state index < -0.39 is 0 Å². The summed E-state index contributed by atoms with van der Waals surface area (Å²) in [4.78, 5) is 14.7. The van der Waals surface area contributed by atoms with Gasteiger partial charge in [-0.25, -0.2) is 0 Å². The minimum Gasteiger partial charge on any atom is -0.378 e. The highest BCUT2D eigenvalue weighted by Crippen LogP contribution is 2.31. The summed E-state index contributed by atoms with van der Waals surface area (Å²) in [5.74, 6) is 0.889. The number of para-hydroxylation sites is 1. The molecule has 1 saturated heterocycles. The van der Waals surface area contributed by atoms with E-state index in [9.17, 15) is 4.79 Å². The summed E-state index contributed by atoms with van der Waals surface area (Å²) in [6.07, 6.45) is 3.09. The Balaban J connectivity index is 1.67. The fourth-order valence-electron chi connectivity index (χ4n) is 3.30. The van der Waals surface area contributed by atoms with E-state index in [1.807, 2.05) is 13.0 Å². The van der Waals surface area contributed by atoms with Crippen molar-refractivity contribution >= 4 is 23.6 Å². The van der Waals surface area contributed by atoms with Gasteiger partial charge in [-0.2, -0.15) is 0 Å². The van der Waals surface area contributed by atoms with Crippen LogP contribution in [0.15, 0.2) is 29.4 Å². The van der Waals surface area contributed by atoms with Crippen molar-refractivity contribution in [2.45, 2.75) is 49.6 Å². The number of morpholine rings is 1. The molecular formula is C20H27N5O2S. The lowest BCUT2D eigenvalue weighted by Gasteiger charge is -2.28. The molecule has 4 rings (SSSR count). The van der Waals surface area contributed by atoms with E-state index in [-0.39, 0.29) is 11.2 Å². The molecule has 2 fully saturated rings. The zero-order valence-electron chi connectivity index (χ0n) is 16.4. The van der Waals surface area contributed by atoms with Crippen molar-refractivity contribution in [3.05, 3.63) is 29.8 Å². The first kappa shape index (κ1) is 19.3. The first-order chi connectivity index (χ1) is 13.7. The highest BCUT2D eigenvalue weighted by Gasteiger charge is 2.29. The molecule has 0 spiro atoms. The number of carbonyl (C=O) groups excluding carboxylic acids is 1. The van der Waals surface area contributed by atoms with Crippen LogP contribution >= 0.6 is 11.8 Å². The molecule has 1 N–H and O–H groups in total. The molecule has 2 aliphatic rings. The normalized spacial score (nSPS) is 18.1. The second kappa shape index (κ2) is 8.53. The van der Waals surface area contributed by atoms with Crippen LogP contribution in [-0.2, 0) is 16.0 Å². The third kappa shape index (κ3) is 4.17. The number of carbonyl (C=O) groups is 1. The molecule has 1 saturated carbocycles. The lowest BCUT2D eigenvalue weighted by Crippen LogP contribution is -2.38. The molecule has 1 aliphatic carbocycles. The topological polar surface area (TPSA) is 72.3 Å². The number of anilines is 1. The molecule has 8 heteroatoms. The lowest BCUT2D eigenvalue weighted by atomic mass is 10.1. The van der Waals surface area contributed by atoms with E-state index in [2.05, 4.69) is 50.1 Å². The molecule has 1 aromatic carbocycles. The van der Waals surface area contributed by atoms with Gasteiger partial charge in [-0.1, -0.05) is 36.9 Å². The molecule has 7 nitrogen and oxygen atoms in total. The van der Waals surface area contributed by atoms with Gasteiger partial charge in [0.25, 0.3) is 0 Å². The highest BCUT2D eigenvalue weighted by atomic mass is 32.2. The third-order valence-corrected chi connectivity index (χ3v) is 6.14. The minimum absolute atomic E-state index is 0.0683. The second-order valence-electron chi connectivity index (χ2n) is 7.24. The molecule has 1 amide bonds. The predicted octanol–water partition coefficient (Wildman–Crippen LogP) is 2.43. The summed E-state index contributed by atoms with van der Waals surface area (Å²) in [5.41, 5.74) is 2.31. The lowest BCUT2D eigenvalue weighted by molar-refractivity contribution is -0.120. The SMILES string of the molecule is CCc1ccccc1-n1c(S[C@H](C)C(=O)NC2CC2)nnc1N1CCOCC1. The Bertz CT molecular complexity index is 830. The number of hydrogen-bond acceptors (Lipinski definition) is 6. The maximum Gasteiger partial charge on any atom is 0.233 e. The van der Waals surface area contributed by atoms with Crippen LogP contribution < -0.4 is 10.2 Å². The molecule has 150 valence electrons. The van der Waals surface area contributed by atoms with E-state index in [4.69, 9.17) is 4.74 Å². The monoisotopic (exact) mass is 401 g/mol. The maximum atomic E-state index is 12.5. The number of nitrogens with one attached hydrogen (secondary N) is 1. The van der Waals surface area contributed by atoms with Gasteiger partial charge in [0.1, 0.15) is 0 Å². The van der Waals surface area contributed by atoms with Gasteiger partial charge in [0.05, 0.1) is 24.2 Å². The first-order valence-corrected chi connectivity index (χ1v) is 10.9. The van der Waals surface area contributed by atoms with Gasteiger partial charge in [-0.3, -0.25) is 9.36 Å². The molecule has 1 aliphatic heterocycles. The van der Waals surface area contributed by atoms with E-state index >= 15 is 0 Å². The summed E-state index contributed by atoms with van der Waals surface area (Å²) in [6.45, 7) is 7.02. The van der Waals surface area contributed by atoms with Crippen molar-refractivity contribution in [3.63, 3.8) is 0 Å². The number of ether oxygens (including phenoxy) is 1. The number of amides is 1. The number of hydrogen-bond donors (Lipinski definition) is 1.